The second-order valence-corrected chi connectivity index (χ2v) is 12.8. The number of hydrogen-bond acceptors (Lipinski definition) is 9. The van der Waals surface area contributed by atoms with E-state index >= 15 is 0 Å². The predicted octanol–water partition coefficient (Wildman–Crippen LogP) is 5.23. The van der Waals surface area contributed by atoms with Crippen LogP contribution in [-0.2, 0) is 42.8 Å². The van der Waals surface area contributed by atoms with Crippen LogP contribution in [0.5, 0.6) is 0 Å². The summed E-state index contributed by atoms with van der Waals surface area (Å²) in [5, 5.41) is 0. The Morgan fingerprint density at radius 2 is 1.20 bits per heavy atom. The van der Waals surface area contributed by atoms with Gasteiger partial charge in [-0.3, -0.25) is 13.6 Å². The first kappa shape index (κ1) is 29.0. The Labute approximate surface area is 235 Å². The van der Waals surface area contributed by atoms with E-state index in [0.29, 0.717) is 0 Å². The van der Waals surface area contributed by atoms with Crippen LogP contribution in [0.3, 0.4) is 0 Å². The number of hydrogen-bond donors (Lipinski definition) is 0. The highest BCUT2D eigenvalue weighted by atomic mass is 31.2. The van der Waals surface area contributed by atoms with Gasteiger partial charge in [0.25, 0.3) is 0 Å². The smallest absolute Gasteiger partial charge is 0.461 e. The molecule has 40 heavy (non-hydrogen) atoms. The van der Waals surface area contributed by atoms with Gasteiger partial charge in [0, 0.05) is 5.41 Å². The van der Waals surface area contributed by atoms with Gasteiger partial charge in [0.1, 0.15) is 5.60 Å². The van der Waals surface area contributed by atoms with Gasteiger partial charge in [-0.25, -0.2) is 14.2 Å². The fraction of sp³-hybridized carbons (Fsp3) is 0.533. The fourth-order valence-corrected chi connectivity index (χ4v) is 8.06. The Morgan fingerprint density at radius 3 is 1.57 bits per heavy atom. The van der Waals surface area contributed by atoms with Crippen LogP contribution in [0, 0.1) is 5.41 Å². The number of piperidine rings is 3. The lowest BCUT2D eigenvalue weighted by molar-refractivity contribution is -0.167. The van der Waals surface area contributed by atoms with Gasteiger partial charge in [-0.1, -0.05) is 60.7 Å². The number of esters is 2. The molecule has 4 aliphatic heterocycles. The summed E-state index contributed by atoms with van der Waals surface area (Å²) in [6.45, 7) is 9.34. The average molecular weight is 572 g/mol. The Bertz CT molecular complexity index is 1160. The van der Waals surface area contributed by atoms with Crippen LogP contribution in [0.25, 0.3) is 0 Å². The molecule has 0 spiro atoms. The first-order valence-electron chi connectivity index (χ1n) is 14.0. The summed E-state index contributed by atoms with van der Waals surface area (Å²) in [5.74, 6) is -1.73. The lowest BCUT2D eigenvalue weighted by Gasteiger charge is -2.58. The van der Waals surface area contributed by atoms with Gasteiger partial charge in [-0.15, -0.1) is 0 Å². The van der Waals surface area contributed by atoms with Crippen LogP contribution in [0.2, 0.25) is 0 Å². The Kier molecular flexibility index (Phi) is 8.24. The van der Waals surface area contributed by atoms with E-state index in [0.717, 1.165) is 50.0 Å². The van der Waals surface area contributed by atoms with Crippen LogP contribution >= 0.6 is 7.82 Å². The van der Waals surface area contributed by atoms with Gasteiger partial charge in [-0.05, 0) is 77.7 Å². The first-order valence-corrected chi connectivity index (χ1v) is 15.5. The van der Waals surface area contributed by atoms with Crippen molar-refractivity contribution in [2.45, 2.75) is 77.0 Å². The zero-order valence-corrected chi connectivity index (χ0v) is 24.4. The molecule has 2 bridgehead atoms. The third kappa shape index (κ3) is 5.38. The zero-order valence-electron chi connectivity index (χ0n) is 23.5. The highest BCUT2D eigenvalue weighted by molar-refractivity contribution is 7.49. The molecule has 2 aromatic carbocycles. The third-order valence-corrected chi connectivity index (χ3v) is 9.47. The lowest BCUT2D eigenvalue weighted by atomic mass is 9.57. The third-order valence-electron chi connectivity index (χ3n) is 8.00. The van der Waals surface area contributed by atoms with Gasteiger partial charge in [0.15, 0.2) is 0 Å². The van der Waals surface area contributed by atoms with Crippen LogP contribution in [0.1, 0.15) is 58.1 Å². The SMILES string of the molecule is CC(C)OC(=O)[C@@H]1OP(=O)(OC(c2ccccc2)(c2ccccc2)C23CCN(CC2)CC3)O[C@H]1C(=O)OC(C)C. The molecule has 2 atom stereocenters. The molecule has 6 rings (SSSR count). The summed E-state index contributed by atoms with van der Waals surface area (Å²) in [4.78, 5) is 28.5. The first-order chi connectivity index (χ1) is 19.1. The van der Waals surface area contributed by atoms with Crippen molar-refractivity contribution in [2.24, 2.45) is 5.41 Å². The molecule has 10 heteroatoms. The number of carbonyl (C=O) groups excluding carboxylic acids is 2. The molecular weight excluding hydrogens is 533 g/mol. The molecule has 4 saturated heterocycles. The summed E-state index contributed by atoms with van der Waals surface area (Å²) in [6.07, 6.45) is -1.78. The molecule has 216 valence electrons. The van der Waals surface area contributed by atoms with Crippen molar-refractivity contribution in [3.63, 3.8) is 0 Å². The molecule has 2 aromatic rings. The Balaban J connectivity index is 1.63. The largest absolute Gasteiger partial charge is 0.477 e. The number of fused-ring (bicyclic) bond motifs is 3. The standard InChI is InChI=1S/C30H38NO8P/c1-21(2)35-27(32)25-26(28(33)36-22(3)4)38-40(34,37-25)39-30(23-11-7-5-8-12-23,24-13-9-6-10-14-24)29-15-18-31(19-16-29)20-17-29/h5-14,21-22,25-26H,15-20H2,1-4H3/t25-,26-/m1/s1. The highest BCUT2D eigenvalue weighted by Gasteiger charge is 2.64. The zero-order chi connectivity index (χ0) is 28.5. The van der Waals surface area contributed by atoms with Gasteiger partial charge >= 0.3 is 19.8 Å². The molecule has 4 fully saturated rings. The minimum Gasteiger partial charge on any atom is -0.461 e. The van der Waals surface area contributed by atoms with E-state index in [4.69, 9.17) is 23.0 Å². The number of carbonyl (C=O) groups is 2. The van der Waals surface area contributed by atoms with Crippen molar-refractivity contribution in [2.75, 3.05) is 19.6 Å². The van der Waals surface area contributed by atoms with Crippen molar-refractivity contribution < 1.29 is 37.2 Å². The normalized spacial score (nSPS) is 27.6. The molecule has 0 radical (unpaired) electrons. The van der Waals surface area contributed by atoms with Crippen molar-refractivity contribution >= 4 is 19.8 Å². The van der Waals surface area contributed by atoms with E-state index in [1.165, 1.54) is 0 Å². The topological polar surface area (TPSA) is 101 Å². The molecular formula is C30H38NO8P. The van der Waals surface area contributed by atoms with Crippen molar-refractivity contribution in [1.29, 1.82) is 0 Å². The van der Waals surface area contributed by atoms with Gasteiger partial charge < -0.3 is 14.4 Å². The van der Waals surface area contributed by atoms with E-state index in [9.17, 15) is 14.2 Å². The summed E-state index contributed by atoms with van der Waals surface area (Å²) >= 11 is 0. The Morgan fingerprint density at radius 1 is 0.800 bits per heavy atom. The number of phosphoric ester groups is 1. The van der Waals surface area contributed by atoms with Gasteiger partial charge in [0.05, 0.1) is 12.2 Å². The summed E-state index contributed by atoms with van der Waals surface area (Å²) < 4.78 is 43.7. The number of benzene rings is 2. The molecule has 0 aliphatic carbocycles. The molecule has 0 unspecified atom stereocenters. The Hall–Kier alpha value is -2.55. The van der Waals surface area contributed by atoms with Crippen LogP contribution in [0.15, 0.2) is 60.7 Å². The lowest BCUT2D eigenvalue weighted by Crippen LogP contribution is -2.59. The maximum absolute atomic E-state index is 14.6. The molecule has 9 nitrogen and oxygen atoms in total. The van der Waals surface area contributed by atoms with E-state index in [2.05, 4.69) is 4.90 Å². The quantitative estimate of drug-likeness (QED) is 0.296. The number of ether oxygens (including phenoxy) is 2. The molecule has 0 amide bonds. The number of phosphoric acid groups is 1. The minimum atomic E-state index is -4.55. The van der Waals surface area contributed by atoms with Crippen molar-refractivity contribution in [1.82, 2.24) is 4.90 Å². The van der Waals surface area contributed by atoms with E-state index in [1.54, 1.807) is 27.7 Å². The summed E-state index contributed by atoms with van der Waals surface area (Å²) in [7, 11) is -4.55. The highest BCUT2D eigenvalue weighted by Crippen LogP contribution is 2.68. The number of nitrogens with zero attached hydrogens (tertiary/aromatic N) is 1. The van der Waals surface area contributed by atoms with Crippen molar-refractivity contribution in [3.8, 4) is 0 Å². The molecule has 4 heterocycles. The van der Waals surface area contributed by atoms with Crippen LogP contribution in [0.4, 0.5) is 0 Å². The summed E-state index contributed by atoms with van der Waals surface area (Å²) in [6, 6.07) is 19.3. The van der Waals surface area contributed by atoms with E-state index in [-0.39, 0.29) is 0 Å². The maximum atomic E-state index is 14.6. The second kappa shape index (κ2) is 11.4. The molecule has 0 saturated carbocycles. The van der Waals surface area contributed by atoms with Gasteiger partial charge in [-0.2, -0.15) is 0 Å². The number of rotatable bonds is 9. The molecule has 4 aliphatic rings. The second-order valence-electron chi connectivity index (χ2n) is 11.3. The monoisotopic (exact) mass is 571 g/mol. The molecule has 0 N–H and O–H groups in total. The summed E-state index contributed by atoms with van der Waals surface area (Å²) in [5.41, 5.74) is -0.0954. The minimum absolute atomic E-state index is 0.445. The van der Waals surface area contributed by atoms with E-state index < -0.39 is 55.2 Å². The fourth-order valence-electron chi connectivity index (χ4n) is 6.24. The van der Waals surface area contributed by atoms with Crippen LogP contribution < -0.4 is 0 Å². The predicted molar refractivity (Wildman–Crippen MR) is 147 cm³/mol. The molecule has 0 aromatic heterocycles. The average Bonchev–Trinajstić information content (AvgIpc) is 3.31. The van der Waals surface area contributed by atoms with Gasteiger partial charge in [0.2, 0.25) is 12.2 Å². The van der Waals surface area contributed by atoms with Crippen molar-refractivity contribution in [3.05, 3.63) is 71.8 Å². The van der Waals surface area contributed by atoms with E-state index in [1.807, 2.05) is 60.7 Å². The van der Waals surface area contributed by atoms with Crippen LogP contribution in [-0.4, -0.2) is 60.9 Å². The maximum Gasteiger partial charge on any atom is 0.477 e.